The SMILES string of the molecule is CC(Nc1ccc(C(N)=O)cn1)C1CC1. The largest absolute Gasteiger partial charge is 0.367 e. The zero-order valence-corrected chi connectivity index (χ0v) is 8.73. The molecule has 0 spiro atoms. The normalized spacial score (nSPS) is 17.1. The van der Waals surface area contributed by atoms with Crippen LogP contribution in [-0.2, 0) is 0 Å². The zero-order valence-electron chi connectivity index (χ0n) is 8.73. The Morgan fingerprint density at radius 1 is 1.60 bits per heavy atom. The number of hydrogen-bond donors (Lipinski definition) is 2. The third kappa shape index (κ3) is 2.46. The smallest absolute Gasteiger partial charge is 0.250 e. The Morgan fingerprint density at radius 3 is 2.80 bits per heavy atom. The fraction of sp³-hybridized carbons (Fsp3) is 0.455. The van der Waals surface area contributed by atoms with Crippen molar-refractivity contribution >= 4 is 11.7 Å². The van der Waals surface area contributed by atoms with Crippen LogP contribution in [0.4, 0.5) is 5.82 Å². The third-order valence-electron chi connectivity index (χ3n) is 2.75. The molecule has 1 heterocycles. The van der Waals surface area contributed by atoms with Gasteiger partial charge >= 0.3 is 0 Å². The van der Waals surface area contributed by atoms with Gasteiger partial charge in [0.2, 0.25) is 5.91 Å². The number of rotatable bonds is 4. The second-order valence-corrected chi connectivity index (χ2v) is 4.07. The molecule has 1 aliphatic rings. The lowest BCUT2D eigenvalue weighted by Crippen LogP contribution is -2.18. The number of nitrogens with two attached hydrogens (primary N) is 1. The molecule has 1 aromatic rings. The molecule has 1 aliphatic carbocycles. The summed E-state index contributed by atoms with van der Waals surface area (Å²) in [5.41, 5.74) is 5.57. The van der Waals surface area contributed by atoms with Gasteiger partial charge in [0.05, 0.1) is 5.56 Å². The van der Waals surface area contributed by atoms with Gasteiger partial charge in [-0.3, -0.25) is 4.79 Å². The van der Waals surface area contributed by atoms with Gasteiger partial charge in [-0.15, -0.1) is 0 Å². The number of nitrogens with one attached hydrogen (secondary N) is 1. The highest BCUT2D eigenvalue weighted by Crippen LogP contribution is 2.33. The highest BCUT2D eigenvalue weighted by atomic mass is 16.1. The zero-order chi connectivity index (χ0) is 10.8. The van der Waals surface area contributed by atoms with E-state index in [1.807, 2.05) is 0 Å². The van der Waals surface area contributed by atoms with E-state index in [0.29, 0.717) is 11.6 Å². The summed E-state index contributed by atoms with van der Waals surface area (Å²) in [4.78, 5) is 15.0. The summed E-state index contributed by atoms with van der Waals surface area (Å²) in [7, 11) is 0. The number of carbonyl (C=O) groups is 1. The van der Waals surface area contributed by atoms with Crippen LogP contribution in [0.5, 0.6) is 0 Å². The fourth-order valence-corrected chi connectivity index (χ4v) is 1.57. The monoisotopic (exact) mass is 205 g/mol. The molecule has 0 aliphatic heterocycles. The first kappa shape index (κ1) is 9.96. The first-order valence-corrected chi connectivity index (χ1v) is 5.19. The van der Waals surface area contributed by atoms with E-state index in [-0.39, 0.29) is 0 Å². The lowest BCUT2D eigenvalue weighted by atomic mass is 10.2. The van der Waals surface area contributed by atoms with E-state index in [1.165, 1.54) is 19.0 Å². The van der Waals surface area contributed by atoms with Crippen molar-refractivity contribution in [3.8, 4) is 0 Å². The Morgan fingerprint density at radius 2 is 2.33 bits per heavy atom. The van der Waals surface area contributed by atoms with E-state index in [0.717, 1.165) is 11.7 Å². The average Bonchev–Trinajstić information content (AvgIpc) is 3.01. The van der Waals surface area contributed by atoms with E-state index in [9.17, 15) is 4.79 Å². The average molecular weight is 205 g/mol. The molecular weight excluding hydrogens is 190 g/mol. The molecule has 0 radical (unpaired) electrons. The van der Waals surface area contributed by atoms with Crippen molar-refractivity contribution in [2.24, 2.45) is 11.7 Å². The Bertz CT molecular complexity index is 357. The van der Waals surface area contributed by atoms with E-state index >= 15 is 0 Å². The molecule has 80 valence electrons. The van der Waals surface area contributed by atoms with E-state index in [1.54, 1.807) is 12.1 Å². The summed E-state index contributed by atoms with van der Waals surface area (Å²) in [6.45, 7) is 2.15. The Hall–Kier alpha value is -1.58. The van der Waals surface area contributed by atoms with Crippen molar-refractivity contribution in [1.82, 2.24) is 4.98 Å². The molecule has 4 nitrogen and oxygen atoms in total. The van der Waals surface area contributed by atoms with Gasteiger partial charge in [0.15, 0.2) is 0 Å². The molecule has 0 bridgehead atoms. The molecule has 15 heavy (non-hydrogen) atoms. The molecule has 2 rings (SSSR count). The number of nitrogens with zero attached hydrogens (tertiary/aromatic N) is 1. The molecular formula is C11H15N3O. The molecule has 1 saturated carbocycles. The van der Waals surface area contributed by atoms with Crippen molar-refractivity contribution in [2.45, 2.75) is 25.8 Å². The van der Waals surface area contributed by atoms with Crippen LogP contribution in [0.3, 0.4) is 0 Å². The second kappa shape index (κ2) is 3.88. The second-order valence-electron chi connectivity index (χ2n) is 4.07. The van der Waals surface area contributed by atoms with Crippen LogP contribution in [0, 0.1) is 5.92 Å². The topological polar surface area (TPSA) is 68.0 Å². The standard InChI is InChI=1S/C11H15N3O/c1-7(8-2-3-8)14-10-5-4-9(6-13-10)11(12)15/h4-8H,2-3H2,1H3,(H2,12,15)(H,13,14). The molecule has 1 amide bonds. The van der Waals surface area contributed by atoms with Crippen LogP contribution in [-0.4, -0.2) is 16.9 Å². The number of amides is 1. The number of pyridine rings is 1. The lowest BCUT2D eigenvalue weighted by molar-refractivity contribution is 0.1000. The van der Waals surface area contributed by atoms with Gasteiger partial charge in [0.1, 0.15) is 5.82 Å². The molecule has 1 atom stereocenters. The summed E-state index contributed by atoms with van der Waals surface area (Å²) >= 11 is 0. The predicted octanol–water partition coefficient (Wildman–Crippen LogP) is 1.39. The number of anilines is 1. The molecule has 0 aromatic carbocycles. The summed E-state index contributed by atoms with van der Waals surface area (Å²) in [5.74, 6) is 1.14. The maximum atomic E-state index is 10.8. The molecule has 4 heteroatoms. The number of primary amides is 1. The first-order valence-electron chi connectivity index (χ1n) is 5.19. The van der Waals surface area contributed by atoms with Gasteiger partial charge in [0.25, 0.3) is 0 Å². The fourth-order valence-electron chi connectivity index (χ4n) is 1.57. The van der Waals surface area contributed by atoms with Gasteiger partial charge in [0, 0.05) is 12.2 Å². The van der Waals surface area contributed by atoms with Crippen molar-refractivity contribution < 1.29 is 4.79 Å². The van der Waals surface area contributed by atoms with Gasteiger partial charge in [-0.25, -0.2) is 4.98 Å². The van der Waals surface area contributed by atoms with Crippen molar-refractivity contribution in [2.75, 3.05) is 5.32 Å². The minimum absolute atomic E-state index is 0.440. The van der Waals surface area contributed by atoms with Gasteiger partial charge in [-0.1, -0.05) is 0 Å². The summed E-state index contributed by atoms with van der Waals surface area (Å²) in [6.07, 6.45) is 4.10. The summed E-state index contributed by atoms with van der Waals surface area (Å²) in [6, 6.07) is 3.94. The van der Waals surface area contributed by atoms with Gasteiger partial charge in [-0.2, -0.15) is 0 Å². The van der Waals surface area contributed by atoms with Crippen LogP contribution < -0.4 is 11.1 Å². The number of hydrogen-bond acceptors (Lipinski definition) is 3. The minimum Gasteiger partial charge on any atom is -0.367 e. The third-order valence-corrected chi connectivity index (χ3v) is 2.75. The molecule has 1 fully saturated rings. The van der Waals surface area contributed by atoms with Crippen LogP contribution >= 0.6 is 0 Å². The lowest BCUT2D eigenvalue weighted by Gasteiger charge is -2.13. The maximum absolute atomic E-state index is 10.8. The van der Waals surface area contributed by atoms with Crippen LogP contribution in [0.15, 0.2) is 18.3 Å². The van der Waals surface area contributed by atoms with Crippen LogP contribution in [0.25, 0.3) is 0 Å². The maximum Gasteiger partial charge on any atom is 0.250 e. The quantitative estimate of drug-likeness (QED) is 0.780. The Labute approximate surface area is 88.9 Å². The predicted molar refractivity (Wildman–Crippen MR) is 58.6 cm³/mol. The molecule has 1 unspecified atom stereocenters. The first-order chi connectivity index (χ1) is 7.16. The Balaban J connectivity index is 1.99. The molecule has 0 saturated heterocycles. The van der Waals surface area contributed by atoms with Crippen LogP contribution in [0.1, 0.15) is 30.1 Å². The van der Waals surface area contributed by atoms with Crippen molar-refractivity contribution in [3.63, 3.8) is 0 Å². The van der Waals surface area contributed by atoms with Gasteiger partial charge < -0.3 is 11.1 Å². The highest BCUT2D eigenvalue weighted by Gasteiger charge is 2.27. The van der Waals surface area contributed by atoms with E-state index in [4.69, 9.17) is 5.73 Å². The molecule has 1 aromatic heterocycles. The summed E-state index contributed by atoms with van der Waals surface area (Å²) in [5, 5.41) is 3.31. The van der Waals surface area contributed by atoms with E-state index in [2.05, 4.69) is 17.2 Å². The number of aromatic nitrogens is 1. The van der Waals surface area contributed by atoms with Crippen molar-refractivity contribution in [3.05, 3.63) is 23.9 Å². The minimum atomic E-state index is -0.440. The van der Waals surface area contributed by atoms with Gasteiger partial charge in [-0.05, 0) is 37.8 Å². The summed E-state index contributed by atoms with van der Waals surface area (Å²) < 4.78 is 0. The highest BCUT2D eigenvalue weighted by molar-refractivity contribution is 5.92. The number of carbonyl (C=O) groups excluding carboxylic acids is 1. The van der Waals surface area contributed by atoms with Crippen LogP contribution in [0.2, 0.25) is 0 Å². The molecule has 3 N–H and O–H groups in total. The van der Waals surface area contributed by atoms with E-state index < -0.39 is 5.91 Å². The Kier molecular flexibility index (Phi) is 2.58. The van der Waals surface area contributed by atoms with Crippen molar-refractivity contribution in [1.29, 1.82) is 0 Å².